The number of hydrogen-bond donors (Lipinski definition) is 3. The van der Waals surface area contributed by atoms with Gasteiger partial charge in [-0.15, -0.1) is 11.3 Å². The largest absolute Gasteiger partial charge is 0.497 e. The molecule has 3 aromatic carbocycles. The van der Waals surface area contributed by atoms with Gasteiger partial charge in [-0.1, -0.05) is 54.6 Å². The maximum Gasteiger partial charge on any atom is 0.262 e. The van der Waals surface area contributed by atoms with Crippen molar-refractivity contribution in [2.45, 2.75) is 29.4 Å². The molecule has 0 unspecified atom stereocenters. The number of ether oxygens (including phenoxy) is 1. The van der Waals surface area contributed by atoms with E-state index in [2.05, 4.69) is 0 Å². The summed E-state index contributed by atoms with van der Waals surface area (Å²) in [5, 5.41) is 22.6. The molecular weight excluding hydrogens is 536 g/mol. The molecule has 2 heterocycles. The fourth-order valence-corrected chi connectivity index (χ4v) is 7.67. The second-order valence-electron chi connectivity index (χ2n) is 9.30. The van der Waals surface area contributed by atoms with Crippen molar-refractivity contribution >= 4 is 27.3 Å². The van der Waals surface area contributed by atoms with Gasteiger partial charge in [-0.05, 0) is 64.4 Å². The number of benzene rings is 3. The Morgan fingerprint density at radius 3 is 2.31 bits per heavy atom. The number of nitrogens with one attached hydrogen (secondary N) is 1. The van der Waals surface area contributed by atoms with E-state index in [1.54, 1.807) is 5.48 Å². The summed E-state index contributed by atoms with van der Waals surface area (Å²) < 4.78 is 34.0. The van der Waals surface area contributed by atoms with Gasteiger partial charge in [0.05, 0.1) is 12.0 Å². The molecule has 5 rings (SSSR count). The van der Waals surface area contributed by atoms with Crippen LogP contribution in [0.3, 0.4) is 0 Å². The summed E-state index contributed by atoms with van der Waals surface area (Å²) in [7, 11) is -2.78. The number of thiophene rings is 1. The number of β-amino-alcohol motifs (C(OH)–C–C–N with tert-alkyl or cyclic N) is 1. The minimum Gasteiger partial charge on any atom is -0.497 e. The third-order valence-corrected chi connectivity index (χ3v) is 9.93. The lowest BCUT2D eigenvalue weighted by Gasteiger charge is -2.33. The van der Waals surface area contributed by atoms with E-state index in [9.17, 15) is 23.5 Å². The van der Waals surface area contributed by atoms with Crippen molar-refractivity contribution in [3.63, 3.8) is 0 Å². The highest BCUT2D eigenvalue weighted by Gasteiger charge is 2.46. The molecule has 1 aromatic heterocycles. The third-order valence-electron chi connectivity index (χ3n) is 7.04. The van der Waals surface area contributed by atoms with E-state index in [1.165, 1.54) is 42.7 Å². The number of methoxy groups -OCH3 is 1. The van der Waals surface area contributed by atoms with Crippen LogP contribution in [0, 0.1) is 0 Å². The zero-order chi connectivity index (χ0) is 27.6. The van der Waals surface area contributed by atoms with Crippen LogP contribution >= 0.6 is 11.3 Å². The maximum atomic E-state index is 13.9. The highest BCUT2D eigenvalue weighted by molar-refractivity contribution is 7.89. The Morgan fingerprint density at radius 2 is 1.67 bits per heavy atom. The van der Waals surface area contributed by atoms with Crippen LogP contribution in [-0.2, 0) is 21.2 Å². The molecule has 0 fully saturated rings. The number of carbonyl (C=O) groups is 1. The van der Waals surface area contributed by atoms with E-state index in [-0.39, 0.29) is 11.4 Å². The minimum absolute atomic E-state index is 0.0533. The van der Waals surface area contributed by atoms with E-state index in [0.29, 0.717) is 22.6 Å². The normalized spacial score (nSPS) is 19.6. The Bertz CT molecular complexity index is 1540. The second-order valence-corrected chi connectivity index (χ2v) is 12.1. The van der Waals surface area contributed by atoms with Crippen LogP contribution in [0.2, 0.25) is 0 Å². The first-order valence-electron chi connectivity index (χ1n) is 12.3. The van der Waals surface area contributed by atoms with Gasteiger partial charge in [0.15, 0.2) is 0 Å². The predicted octanol–water partition coefficient (Wildman–Crippen LogP) is 4.36. The maximum absolute atomic E-state index is 13.9. The lowest BCUT2D eigenvalue weighted by molar-refractivity contribution is -0.134. The number of sulfonamides is 1. The van der Waals surface area contributed by atoms with Crippen molar-refractivity contribution in [1.29, 1.82) is 0 Å². The minimum atomic E-state index is -4.26. The average molecular weight is 565 g/mol. The van der Waals surface area contributed by atoms with Gasteiger partial charge in [0.1, 0.15) is 17.9 Å². The monoisotopic (exact) mass is 564 g/mol. The molecule has 202 valence electrons. The number of aliphatic hydroxyl groups excluding tert-OH is 1. The summed E-state index contributed by atoms with van der Waals surface area (Å²) in [5.41, 5.74) is 5.33. The first-order valence-corrected chi connectivity index (χ1v) is 14.6. The molecule has 0 spiro atoms. The van der Waals surface area contributed by atoms with Gasteiger partial charge in [0.2, 0.25) is 10.0 Å². The van der Waals surface area contributed by atoms with Crippen molar-refractivity contribution in [1.82, 2.24) is 9.79 Å². The summed E-state index contributed by atoms with van der Waals surface area (Å²) in [6.45, 7) is -0.344. The molecule has 4 aromatic rings. The summed E-state index contributed by atoms with van der Waals surface area (Å²) in [6, 6.07) is 24.1. The summed E-state index contributed by atoms with van der Waals surface area (Å²) in [4.78, 5) is 13.8. The highest BCUT2D eigenvalue weighted by Crippen LogP contribution is 2.42. The number of fused-ring (bicyclic) bond motifs is 1. The Labute approximate surface area is 231 Å². The molecule has 0 saturated carbocycles. The molecule has 8 nitrogen and oxygen atoms in total. The van der Waals surface area contributed by atoms with Gasteiger partial charge in [-0.3, -0.25) is 10.0 Å². The number of hydrogen-bond acceptors (Lipinski definition) is 7. The molecule has 0 bridgehead atoms. The van der Waals surface area contributed by atoms with Crippen LogP contribution in [-0.4, -0.2) is 48.6 Å². The number of rotatable bonds is 7. The Balaban J connectivity index is 1.57. The molecule has 3 N–H and O–H groups in total. The zero-order valence-corrected chi connectivity index (χ0v) is 22.7. The van der Waals surface area contributed by atoms with Gasteiger partial charge in [0.25, 0.3) is 5.91 Å². The average Bonchev–Trinajstić information content (AvgIpc) is 3.43. The van der Waals surface area contributed by atoms with E-state index in [1.807, 2.05) is 66.0 Å². The standard InChI is InChI=1S/C29H28N2O6S2/c1-37-22-11-13-23(14-12-22)39(35,36)31-18-26(32)28-24(15-16-38-28)25(27(31)29(33)30-34)17-19-7-9-21(10-8-19)20-5-3-2-4-6-20/h2-16,25-27,32,34H,17-18H2,1H3,(H,30,33)/t25-,26-,27+/m0/s1. The molecule has 1 aliphatic rings. The number of aliphatic hydroxyl groups is 1. The number of amides is 1. The molecular formula is C29H28N2O6S2. The number of nitrogens with zero attached hydrogens (tertiary/aromatic N) is 1. The van der Waals surface area contributed by atoms with Gasteiger partial charge in [0, 0.05) is 17.3 Å². The lowest BCUT2D eigenvalue weighted by atomic mass is 9.85. The molecule has 0 aliphatic carbocycles. The number of carbonyl (C=O) groups excluding carboxylic acids is 1. The van der Waals surface area contributed by atoms with Crippen molar-refractivity contribution < 1.29 is 28.3 Å². The first kappa shape index (κ1) is 27.0. The van der Waals surface area contributed by atoms with E-state index in [0.717, 1.165) is 21.0 Å². The van der Waals surface area contributed by atoms with Gasteiger partial charge >= 0.3 is 0 Å². The van der Waals surface area contributed by atoms with Crippen LogP contribution in [0.1, 0.15) is 28.0 Å². The van der Waals surface area contributed by atoms with Gasteiger partial charge in [-0.25, -0.2) is 13.9 Å². The first-order chi connectivity index (χ1) is 18.8. The molecule has 0 radical (unpaired) electrons. The summed E-state index contributed by atoms with van der Waals surface area (Å²) in [6.07, 6.45) is -0.842. The Hall–Kier alpha value is -3.54. The van der Waals surface area contributed by atoms with Crippen LogP contribution in [0.4, 0.5) is 0 Å². The summed E-state index contributed by atoms with van der Waals surface area (Å²) in [5.74, 6) is -1.07. The molecule has 10 heteroatoms. The fourth-order valence-electron chi connectivity index (χ4n) is 5.10. The lowest BCUT2D eigenvalue weighted by Crippen LogP contribution is -2.52. The highest BCUT2D eigenvalue weighted by atomic mass is 32.2. The third kappa shape index (κ3) is 5.34. The SMILES string of the molecule is COc1ccc(S(=O)(=O)N2C[C@H](O)c3sccc3[C@H](Cc3ccc(-c4ccccc4)cc3)[C@@H]2C(=O)NO)cc1. The van der Waals surface area contributed by atoms with Crippen LogP contribution in [0.25, 0.3) is 11.1 Å². The van der Waals surface area contributed by atoms with Crippen LogP contribution < -0.4 is 10.2 Å². The van der Waals surface area contributed by atoms with E-state index < -0.39 is 34.0 Å². The molecule has 1 amide bonds. The Kier molecular flexibility index (Phi) is 7.83. The summed E-state index contributed by atoms with van der Waals surface area (Å²) >= 11 is 1.31. The second kappa shape index (κ2) is 11.3. The molecule has 0 saturated heterocycles. The topological polar surface area (TPSA) is 116 Å². The predicted molar refractivity (Wildman–Crippen MR) is 148 cm³/mol. The van der Waals surface area contributed by atoms with Gasteiger partial charge in [-0.2, -0.15) is 4.31 Å². The zero-order valence-electron chi connectivity index (χ0n) is 21.1. The quantitative estimate of drug-likeness (QED) is 0.227. The van der Waals surface area contributed by atoms with Crippen LogP contribution in [0.5, 0.6) is 5.75 Å². The van der Waals surface area contributed by atoms with Crippen molar-refractivity contribution in [2.75, 3.05) is 13.7 Å². The van der Waals surface area contributed by atoms with Crippen LogP contribution in [0.15, 0.2) is 95.2 Å². The Morgan fingerprint density at radius 1 is 1.00 bits per heavy atom. The smallest absolute Gasteiger partial charge is 0.262 e. The van der Waals surface area contributed by atoms with Crippen molar-refractivity contribution in [2.24, 2.45) is 0 Å². The van der Waals surface area contributed by atoms with Crippen molar-refractivity contribution in [3.8, 4) is 16.9 Å². The fraction of sp³-hybridized carbons (Fsp3) is 0.207. The van der Waals surface area contributed by atoms with E-state index >= 15 is 0 Å². The van der Waals surface area contributed by atoms with E-state index in [4.69, 9.17) is 4.74 Å². The number of hydroxylamine groups is 1. The molecule has 1 aliphatic heterocycles. The molecule has 3 atom stereocenters. The van der Waals surface area contributed by atoms with Crippen molar-refractivity contribution in [3.05, 3.63) is 106 Å². The van der Waals surface area contributed by atoms with Gasteiger partial charge < -0.3 is 9.84 Å². The molecule has 39 heavy (non-hydrogen) atoms.